The van der Waals surface area contributed by atoms with E-state index in [0.717, 1.165) is 47.1 Å². The van der Waals surface area contributed by atoms with Gasteiger partial charge in [0.15, 0.2) is 0 Å². The summed E-state index contributed by atoms with van der Waals surface area (Å²) in [5, 5.41) is 13.4. The molecule has 2 aromatic heterocycles. The van der Waals surface area contributed by atoms with E-state index in [4.69, 9.17) is 9.72 Å². The zero-order valence-corrected chi connectivity index (χ0v) is 17.8. The van der Waals surface area contributed by atoms with E-state index in [1.807, 2.05) is 12.1 Å². The second-order valence-corrected chi connectivity index (χ2v) is 8.87. The quantitative estimate of drug-likeness (QED) is 0.684. The maximum atomic E-state index is 12.7. The van der Waals surface area contributed by atoms with Gasteiger partial charge in [-0.15, -0.1) is 0 Å². The summed E-state index contributed by atoms with van der Waals surface area (Å²) < 4.78 is 8.00. The average molecular weight is 418 g/mol. The summed E-state index contributed by atoms with van der Waals surface area (Å²) in [6, 6.07) is 7.96. The Labute approximate surface area is 181 Å². The molecule has 31 heavy (non-hydrogen) atoms. The highest BCUT2D eigenvalue weighted by molar-refractivity contribution is 6.03. The summed E-state index contributed by atoms with van der Waals surface area (Å²) >= 11 is 0. The zero-order valence-electron chi connectivity index (χ0n) is 17.8. The lowest BCUT2D eigenvalue weighted by Gasteiger charge is -2.30. The van der Waals surface area contributed by atoms with Crippen molar-refractivity contribution in [1.29, 1.82) is 5.26 Å². The van der Waals surface area contributed by atoms with Crippen LogP contribution in [0, 0.1) is 17.2 Å². The first-order valence-corrected chi connectivity index (χ1v) is 11.2. The summed E-state index contributed by atoms with van der Waals surface area (Å²) in [5.74, 6) is 1.40. The molecule has 1 N–H and O–H groups in total. The van der Waals surface area contributed by atoms with Crippen LogP contribution in [0.4, 0.5) is 0 Å². The lowest BCUT2D eigenvalue weighted by Crippen LogP contribution is -2.34. The van der Waals surface area contributed by atoms with Crippen LogP contribution in [0.3, 0.4) is 0 Å². The molecule has 0 unspecified atom stereocenters. The summed E-state index contributed by atoms with van der Waals surface area (Å²) in [7, 11) is 0. The van der Waals surface area contributed by atoms with Crippen LogP contribution >= 0.6 is 0 Å². The maximum Gasteiger partial charge on any atom is 0.227 e. The molecule has 3 heterocycles. The Hall–Kier alpha value is -2.98. The van der Waals surface area contributed by atoms with E-state index in [0.29, 0.717) is 18.1 Å². The Bertz CT molecular complexity index is 1170. The van der Waals surface area contributed by atoms with Gasteiger partial charge in [0.05, 0.1) is 41.4 Å². The number of aromatic nitrogens is 3. The van der Waals surface area contributed by atoms with Crippen LogP contribution in [0.2, 0.25) is 0 Å². The molecular weight excluding hydrogens is 390 g/mol. The number of carbonyl (C=O) groups is 1. The van der Waals surface area contributed by atoms with E-state index in [1.165, 1.54) is 19.3 Å². The van der Waals surface area contributed by atoms with Gasteiger partial charge >= 0.3 is 0 Å². The van der Waals surface area contributed by atoms with Gasteiger partial charge in [0.25, 0.3) is 0 Å². The Morgan fingerprint density at radius 2 is 2.19 bits per heavy atom. The zero-order chi connectivity index (χ0) is 21.4. The van der Waals surface area contributed by atoms with E-state index in [2.05, 4.69) is 27.9 Å². The molecule has 1 aliphatic carbocycles. The number of rotatable bonds is 5. The Morgan fingerprint density at radius 3 is 2.94 bits per heavy atom. The van der Waals surface area contributed by atoms with E-state index in [-0.39, 0.29) is 24.5 Å². The molecule has 5 rings (SSSR count). The van der Waals surface area contributed by atoms with Crippen LogP contribution in [-0.2, 0) is 16.0 Å². The van der Waals surface area contributed by atoms with E-state index < -0.39 is 0 Å². The predicted molar refractivity (Wildman–Crippen MR) is 117 cm³/mol. The first kappa shape index (κ1) is 20.0. The number of nitrogens with zero attached hydrogens (tertiary/aromatic N) is 4. The van der Waals surface area contributed by atoms with E-state index >= 15 is 0 Å². The van der Waals surface area contributed by atoms with E-state index in [1.54, 1.807) is 12.3 Å². The molecule has 3 aromatic rings. The Morgan fingerprint density at radius 1 is 1.32 bits per heavy atom. The third-order valence-corrected chi connectivity index (χ3v) is 6.67. The van der Waals surface area contributed by atoms with Crippen LogP contribution in [0.15, 0.2) is 24.4 Å². The number of amides is 1. The molecule has 2 aliphatic rings. The first-order chi connectivity index (χ1) is 15.1. The van der Waals surface area contributed by atoms with Gasteiger partial charge in [-0.3, -0.25) is 9.78 Å². The number of pyridine rings is 1. The molecule has 7 nitrogen and oxygen atoms in total. The highest BCUT2D eigenvalue weighted by Crippen LogP contribution is 2.34. The van der Waals surface area contributed by atoms with Crippen LogP contribution in [0.1, 0.15) is 56.5 Å². The average Bonchev–Trinajstić information content (AvgIpc) is 3.10. The van der Waals surface area contributed by atoms with Gasteiger partial charge < -0.3 is 14.6 Å². The van der Waals surface area contributed by atoms with E-state index in [9.17, 15) is 10.1 Å². The number of hydrogen-bond acceptors (Lipinski definition) is 5. The molecule has 1 saturated carbocycles. The van der Waals surface area contributed by atoms with Crippen molar-refractivity contribution in [2.75, 3.05) is 13.2 Å². The van der Waals surface area contributed by atoms with Gasteiger partial charge in [-0.1, -0.05) is 6.42 Å². The monoisotopic (exact) mass is 417 g/mol. The van der Waals surface area contributed by atoms with Crippen molar-refractivity contribution >= 4 is 27.8 Å². The third kappa shape index (κ3) is 3.88. The number of carbonyl (C=O) groups excluding carboxylic acids is 1. The topological polar surface area (TPSA) is 92.8 Å². The number of nitriles is 1. The van der Waals surface area contributed by atoms with Crippen molar-refractivity contribution < 1.29 is 9.53 Å². The fraction of sp³-hybridized carbons (Fsp3) is 0.500. The second kappa shape index (κ2) is 8.27. The molecule has 0 radical (unpaired) electrons. The summed E-state index contributed by atoms with van der Waals surface area (Å²) in [5.41, 5.74) is 3.15. The molecule has 1 aliphatic heterocycles. The third-order valence-electron chi connectivity index (χ3n) is 6.67. The molecule has 0 spiro atoms. The lowest BCUT2D eigenvalue weighted by atomic mass is 9.85. The Kier molecular flexibility index (Phi) is 5.33. The molecule has 7 heteroatoms. The maximum absolute atomic E-state index is 12.7. The van der Waals surface area contributed by atoms with Crippen molar-refractivity contribution in [2.45, 2.75) is 57.6 Å². The second-order valence-electron chi connectivity index (χ2n) is 8.87. The lowest BCUT2D eigenvalue weighted by molar-refractivity contribution is -0.120. The number of imidazole rings is 1. The highest BCUT2D eigenvalue weighted by atomic mass is 16.5. The van der Waals surface area contributed by atoms with Crippen molar-refractivity contribution in [3.63, 3.8) is 0 Å². The van der Waals surface area contributed by atoms with Crippen LogP contribution in [0.25, 0.3) is 21.9 Å². The first-order valence-electron chi connectivity index (χ1n) is 11.2. The minimum atomic E-state index is 0.0125. The molecule has 1 saturated heterocycles. The molecule has 160 valence electrons. The fourth-order valence-electron chi connectivity index (χ4n) is 4.78. The normalized spacial score (nSPS) is 21.7. The number of ether oxygens (including phenoxy) is 1. The number of benzene rings is 1. The molecule has 1 amide bonds. The molecule has 2 atom stereocenters. The van der Waals surface area contributed by atoms with Crippen LogP contribution in [0.5, 0.6) is 0 Å². The SMILES string of the molecule is C[C@@H]1C[C@H](n2c(CC(=O)NCC3CCC3)nc3cnc4ccc(C#N)cc4c32)CCO1. The summed E-state index contributed by atoms with van der Waals surface area (Å²) in [4.78, 5) is 22.1. The number of nitrogens with one attached hydrogen (secondary N) is 1. The molecule has 1 aromatic carbocycles. The molecule has 0 bridgehead atoms. The van der Waals surface area contributed by atoms with Crippen molar-refractivity contribution in [2.24, 2.45) is 5.92 Å². The van der Waals surface area contributed by atoms with Crippen molar-refractivity contribution in [3.05, 3.63) is 35.8 Å². The smallest absolute Gasteiger partial charge is 0.227 e. The predicted octanol–water partition coefficient (Wildman–Crippen LogP) is 3.65. The van der Waals surface area contributed by atoms with Gasteiger partial charge in [-0.2, -0.15) is 5.26 Å². The van der Waals surface area contributed by atoms with Gasteiger partial charge in [0.2, 0.25) is 5.91 Å². The Balaban J connectivity index is 1.58. The largest absolute Gasteiger partial charge is 0.378 e. The van der Waals surface area contributed by atoms with Gasteiger partial charge in [0.1, 0.15) is 11.3 Å². The van der Waals surface area contributed by atoms with Crippen LogP contribution < -0.4 is 5.32 Å². The van der Waals surface area contributed by atoms with Gasteiger partial charge in [-0.25, -0.2) is 4.98 Å². The number of hydrogen-bond donors (Lipinski definition) is 1. The summed E-state index contributed by atoms with van der Waals surface area (Å²) in [6.45, 7) is 3.53. The number of fused-ring (bicyclic) bond motifs is 3. The van der Waals surface area contributed by atoms with Crippen LogP contribution in [-0.4, -0.2) is 39.7 Å². The standard InChI is InChI=1S/C24H27N5O2/c1-15-9-18(7-8-31-15)29-22(11-23(30)27-13-16-3-2-4-16)28-21-14-26-20-6-5-17(12-25)10-19(20)24(21)29/h5-6,10,14-16,18H,2-4,7-9,11,13H2,1H3,(H,27,30)/t15-,18-/m1/s1. The summed E-state index contributed by atoms with van der Waals surface area (Å²) in [6.07, 6.45) is 7.58. The van der Waals surface area contributed by atoms with Crippen molar-refractivity contribution in [1.82, 2.24) is 19.9 Å². The van der Waals surface area contributed by atoms with Gasteiger partial charge in [-0.05, 0) is 56.7 Å². The molecular formula is C24H27N5O2. The van der Waals surface area contributed by atoms with Gasteiger partial charge in [0, 0.05) is 24.6 Å². The molecule has 2 fully saturated rings. The van der Waals surface area contributed by atoms with Crippen molar-refractivity contribution in [3.8, 4) is 6.07 Å². The minimum absolute atomic E-state index is 0.0125. The minimum Gasteiger partial charge on any atom is -0.378 e. The fourth-order valence-corrected chi connectivity index (χ4v) is 4.78. The highest BCUT2D eigenvalue weighted by Gasteiger charge is 2.27.